The molecule has 15 nitrogen and oxygen atoms in total. The van der Waals surface area contributed by atoms with Crippen LogP contribution in [0.5, 0.6) is 11.6 Å². The highest BCUT2D eigenvalue weighted by atomic mass is 32.2. The molecule has 65 heavy (non-hydrogen) atoms. The molecule has 5 aliphatic rings. The number of carbonyl (C=O) groups is 4. The summed E-state index contributed by atoms with van der Waals surface area (Å²) in [6.07, 6.45) is 11.0. The predicted octanol–water partition coefficient (Wildman–Crippen LogP) is 6.46. The Bertz CT molecular complexity index is 2390. The van der Waals surface area contributed by atoms with Gasteiger partial charge in [0, 0.05) is 37.2 Å². The Morgan fingerprint density at radius 2 is 1.91 bits per heavy atom. The molecule has 352 valence electrons. The fourth-order valence-corrected chi connectivity index (χ4v) is 11.1. The van der Waals surface area contributed by atoms with Crippen molar-refractivity contribution in [1.82, 2.24) is 29.5 Å². The van der Waals surface area contributed by atoms with Crippen LogP contribution in [-0.2, 0) is 46.9 Å². The first-order valence-electron chi connectivity index (χ1n) is 23.5. The van der Waals surface area contributed by atoms with E-state index in [4.69, 9.17) is 19.2 Å². The normalized spacial score (nSPS) is 27.9. The van der Waals surface area contributed by atoms with Gasteiger partial charge in [-0.25, -0.2) is 18.4 Å². The second-order valence-corrected chi connectivity index (χ2v) is 22.9. The molecule has 4 heterocycles. The van der Waals surface area contributed by atoms with Gasteiger partial charge < -0.3 is 24.1 Å². The first-order chi connectivity index (χ1) is 30.9. The van der Waals surface area contributed by atoms with Gasteiger partial charge in [0.15, 0.2) is 5.78 Å². The maximum Gasteiger partial charge on any atom is 0.306 e. The Hall–Kier alpha value is -4.83. The zero-order valence-corrected chi connectivity index (χ0v) is 39.4. The molecule has 4 fully saturated rings. The Balaban J connectivity index is 1.10. The van der Waals surface area contributed by atoms with Crippen LogP contribution in [0.25, 0.3) is 10.9 Å². The number of aromatic nitrogens is 3. The van der Waals surface area contributed by atoms with Crippen LogP contribution >= 0.6 is 0 Å². The molecule has 2 aromatic heterocycles. The molecule has 3 aliphatic carbocycles. The fourth-order valence-electron chi connectivity index (χ4n) is 9.81. The number of fused-ring (bicyclic) bond motifs is 5. The number of para-hydroxylation sites is 1. The lowest BCUT2D eigenvalue weighted by atomic mass is 9.77. The third-order valence-electron chi connectivity index (χ3n) is 14.6. The minimum Gasteiger partial charge on any atom is -0.492 e. The van der Waals surface area contributed by atoms with E-state index in [0.717, 1.165) is 61.8 Å². The van der Waals surface area contributed by atoms with Crippen molar-refractivity contribution in [2.24, 2.45) is 28.6 Å². The van der Waals surface area contributed by atoms with E-state index in [2.05, 4.69) is 26.2 Å². The molecule has 16 heteroatoms. The molecule has 2 amide bonds. The topological polar surface area (TPSA) is 190 Å². The number of carbonyl (C=O) groups excluding carboxylic acids is 4. The number of ketones is 1. The third-order valence-corrected chi connectivity index (χ3v) is 16.7. The number of imidazole rings is 1. The van der Waals surface area contributed by atoms with Crippen LogP contribution in [0.3, 0.4) is 0 Å². The quantitative estimate of drug-likeness (QED) is 0.102. The predicted molar refractivity (Wildman–Crippen MR) is 244 cm³/mol. The molecule has 1 saturated heterocycles. The van der Waals surface area contributed by atoms with Crippen LogP contribution in [0, 0.1) is 28.6 Å². The van der Waals surface area contributed by atoms with E-state index >= 15 is 0 Å². The number of H-pyrrole nitrogens is 1. The average Bonchev–Trinajstić information content (AvgIpc) is 4.20. The first kappa shape index (κ1) is 46.7. The summed E-state index contributed by atoms with van der Waals surface area (Å²) in [5.41, 5.74) is -0.480. The Morgan fingerprint density at radius 3 is 2.62 bits per heavy atom. The van der Waals surface area contributed by atoms with E-state index in [9.17, 15) is 27.6 Å². The Kier molecular flexibility index (Phi) is 13.3. The number of benzene rings is 1. The van der Waals surface area contributed by atoms with E-state index in [1.807, 2.05) is 58.3 Å². The number of allylic oxidation sites excluding steroid dienone is 1. The molecular formula is C49H66N6O9S. The van der Waals surface area contributed by atoms with Crippen LogP contribution in [0.15, 0.2) is 49.3 Å². The second kappa shape index (κ2) is 18.5. The lowest BCUT2D eigenvalue weighted by Gasteiger charge is -2.34. The van der Waals surface area contributed by atoms with Crippen LogP contribution < -0.4 is 14.2 Å². The fraction of sp³-hybridized carbons (Fsp3) is 0.633. The molecule has 0 radical (unpaired) electrons. The van der Waals surface area contributed by atoms with Crippen molar-refractivity contribution in [2.75, 3.05) is 26.7 Å². The summed E-state index contributed by atoms with van der Waals surface area (Å²) in [5.74, 6) is -0.881. The first-order valence-corrected chi connectivity index (χ1v) is 25.0. The lowest BCUT2D eigenvalue weighted by Crippen LogP contribution is -2.49. The molecule has 3 aromatic rings. The van der Waals surface area contributed by atoms with Crippen LogP contribution in [-0.4, -0.2) is 106 Å². The molecule has 1 aromatic carbocycles. The summed E-state index contributed by atoms with van der Waals surface area (Å²) in [7, 11) is -1.93. The Morgan fingerprint density at radius 1 is 1.12 bits per heavy atom. The number of pyridine rings is 1. The van der Waals surface area contributed by atoms with Crippen molar-refractivity contribution in [2.45, 2.75) is 141 Å². The van der Waals surface area contributed by atoms with Crippen LogP contribution in [0.1, 0.15) is 116 Å². The molecular weight excluding hydrogens is 849 g/mol. The number of hydrogen-bond acceptors (Lipinski definition) is 12. The van der Waals surface area contributed by atoms with E-state index in [1.165, 1.54) is 4.90 Å². The van der Waals surface area contributed by atoms with Gasteiger partial charge in [-0.15, -0.1) is 6.58 Å². The summed E-state index contributed by atoms with van der Waals surface area (Å²) in [6, 6.07) is 6.79. The number of sulfonamides is 1. The number of aromatic amines is 1. The van der Waals surface area contributed by atoms with Crippen molar-refractivity contribution in [3.63, 3.8) is 0 Å². The van der Waals surface area contributed by atoms with Gasteiger partial charge in [-0.2, -0.15) is 0 Å². The molecule has 2 bridgehead atoms. The second-order valence-electron chi connectivity index (χ2n) is 20.7. The van der Waals surface area contributed by atoms with Crippen LogP contribution in [0.2, 0.25) is 0 Å². The maximum atomic E-state index is 15.0. The summed E-state index contributed by atoms with van der Waals surface area (Å²) < 4.78 is 47.3. The standard InChI is InChI=1S/C49H66N6O9S/c1-7-32-27-49(32,46(59)53-65(60,61)48(5)18-19-48)28-39(56)38-25-33-29-55(38)45(58)36(47(2,3)4)26-42(57)64-40-24-31(40)14-9-8-10-16-35-43(34-15-11-12-17-37(34)52-44(35)63-33)62-23-13-22-54(6)30-41-50-20-21-51-41/h7,11-12,15,17,20-21,31-33,36,38,40H,1,8-10,13-14,16,18-19,22-30H2,2-6H3,(H,50,51)(H,53,59)/t31-,32-,33-,36-,38+,40-,49-/m1/s1. The van der Waals surface area contributed by atoms with Gasteiger partial charge in [0.05, 0.1) is 59.3 Å². The highest BCUT2D eigenvalue weighted by molar-refractivity contribution is 7.91. The summed E-state index contributed by atoms with van der Waals surface area (Å²) in [6.45, 7) is 13.1. The zero-order valence-electron chi connectivity index (χ0n) is 38.6. The van der Waals surface area contributed by atoms with Gasteiger partial charge in [-0.1, -0.05) is 51.8 Å². The molecule has 2 aliphatic heterocycles. The minimum atomic E-state index is -3.97. The van der Waals surface area contributed by atoms with Crippen LogP contribution in [0.4, 0.5) is 0 Å². The highest BCUT2D eigenvalue weighted by Crippen LogP contribution is 2.57. The lowest BCUT2D eigenvalue weighted by molar-refractivity contribution is -0.154. The smallest absolute Gasteiger partial charge is 0.306 e. The number of amides is 2. The van der Waals surface area contributed by atoms with Crippen molar-refractivity contribution in [3.05, 3.63) is 60.7 Å². The zero-order chi connectivity index (χ0) is 46.3. The largest absolute Gasteiger partial charge is 0.492 e. The van der Waals surface area contributed by atoms with Crippen molar-refractivity contribution < 1.29 is 41.8 Å². The molecule has 0 unspecified atom stereocenters. The average molecular weight is 915 g/mol. The summed E-state index contributed by atoms with van der Waals surface area (Å²) in [4.78, 5) is 73.5. The minimum absolute atomic E-state index is 0.0323. The molecule has 0 spiro atoms. The van der Waals surface area contributed by atoms with Gasteiger partial charge in [0.25, 0.3) is 0 Å². The summed E-state index contributed by atoms with van der Waals surface area (Å²) in [5, 5.41) is 0.871. The number of rotatable bonds is 14. The van der Waals surface area contributed by atoms with E-state index in [0.29, 0.717) is 49.6 Å². The van der Waals surface area contributed by atoms with Gasteiger partial charge in [-0.3, -0.25) is 28.8 Å². The molecule has 2 N–H and O–H groups in total. The van der Waals surface area contributed by atoms with Gasteiger partial charge in [0.1, 0.15) is 23.8 Å². The SMILES string of the molecule is C=C[C@@H]1C[C@]1(CC(=O)[C@@H]1C[C@@H]2CN1C(=O)[C@H](C(C)(C)C)CC(=O)O[C@@H]1C[C@H]1CCCCCc1c(nc3ccccc3c1OCCCN(C)Cc1ncc[nH]1)O2)C(=O)NS(=O)(=O)C1(C)CC1. The molecule has 3 saturated carbocycles. The number of ether oxygens (including phenoxy) is 3. The van der Waals surface area contributed by atoms with E-state index < -0.39 is 61.5 Å². The summed E-state index contributed by atoms with van der Waals surface area (Å²) >= 11 is 0. The monoisotopic (exact) mass is 914 g/mol. The van der Waals surface area contributed by atoms with E-state index in [1.54, 1.807) is 19.2 Å². The number of Topliss-reactive ketones (excluding diaryl/α,β-unsaturated/α-hetero) is 1. The number of esters is 1. The molecule has 8 rings (SSSR count). The number of hydrogen-bond donors (Lipinski definition) is 2. The molecule has 7 atom stereocenters. The van der Waals surface area contributed by atoms with Crippen molar-refractivity contribution in [3.8, 4) is 11.6 Å². The maximum absolute atomic E-state index is 15.0. The van der Waals surface area contributed by atoms with Gasteiger partial charge in [-0.05, 0) is 94.7 Å². The third kappa shape index (κ3) is 10.3. The van der Waals surface area contributed by atoms with E-state index in [-0.39, 0.29) is 55.9 Å². The number of nitrogens with zero attached hydrogens (tertiary/aromatic N) is 4. The van der Waals surface area contributed by atoms with Gasteiger partial charge in [0.2, 0.25) is 27.7 Å². The number of nitrogens with one attached hydrogen (secondary N) is 2. The van der Waals surface area contributed by atoms with Crippen molar-refractivity contribution >= 4 is 44.5 Å². The van der Waals surface area contributed by atoms with Crippen molar-refractivity contribution in [1.29, 1.82) is 0 Å². The Labute approximate surface area is 382 Å². The highest BCUT2D eigenvalue weighted by Gasteiger charge is 2.62. The van der Waals surface area contributed by atoms with Gasteiger partial charge >= 0.3 is 5.97 Å².